The molecule has 0 spiro atoms. The SMILES string of the molecule is Cc1nc(C)c(C)c(NCCCO)n1. The number of nitrogens with zero attached hydrogens (tertiary/aromatic N) is 2. The van der Waals surface area contributed by atoms with Crippen molar-refractivity contribution in [2.24, 2.45) is 0 Å². The van der Waals surface area contributed by atoms with Crippen LogP contribution in [0, 0.1) is 20.8 Å². The fourth-order valence-corrected chi connectivity index (χ4v) is 1.23. The van der Waals surface area contributed by atoms with Gasteiger partial charge in [-0.25, -0.2) is 9.97 Å². The monoisotopic (exact) mass is 195 g/mol. The molecule has 1 aromatic rings. The normalized spacial score (nSPS) is 10.3. The second kappa shape index (κ2) is 4.91. The lowest BCUT2D eigenvalue weighted by atomic mass is 10.2. The summed E-state index contributed by atoms with van der Waals surface area (Å²) in [5, 5.41) is 11.8. The topological polar surface area (TPSA) is 58.0 Å². The van der Waals surface area contributed by atoms with Gasteiger partial charge >= 0.3 is 0 Å². The molecule has 4 heteroatoms. The summed E-state index contributed by atoms with van der Waals surface area (Å²) in [7, 11) is 0. The van der Waals surface area contributed by atoms with Gasteiger partial charge in [-0.1, -0.05) is 0 Å². The van der Waals surface area contributed by atoms with E-state index in [4.69, 9.17) is 5.11 Å². The number of nitrogens with one attached hydrogen (secondary N) is 1. The summed E-state index contributed by atoms with van der Waals surface area (Å²) in [6, 6.07) is 0. The first-order valence-corrected chi connectivity index (χ1v) is 4.81. The Morgan fingerprint density at radius 3 is 2.57 bits per heavy atom. The third kappa shape index (κ3) is 2.67. The van der Waals surface area contributed by atoms with E-state index in [1.165, 1.54) is 0 Å². The molecule has 0 aliphatic heterocycles. The van der Waals surface area contributed by atoms with E-state index in [-0.39, 0.29) is 6.61 Å². The van der Waals surface area contributed by atoms with Gasteiger partial charge in [0.25, 0.3) is 0 Å². The molecule has 0 amide bonds. The van der Waals surface area contributed by atoms with Crippen molar-refractivity contribution in [1.82, 2.24) is 9.97 Å². The smallest absolute Gasteiger partial charge is 0.132 e. The molecule has 0 aliphatic rings. The number of aryl methyl sites for hydroxylation is 2. The molecule has 1 rings (SSSR count). The van der Waals surface area contributed by atoms with Crippen LogP contribution in [0.15, 0.2) is 0 Å². The van der Waals surface area contributed by atoms with Gasteiger partial charge in [-0.2, -0.15) is 0 Å². The van der Waals surface area contributed by atoms with Gasteiger partial charge in [0.2, 0.25) is 0 Å². The molecule has 0 fully saturated rings. The van der Waals surface area contributed by atoms with E-state index >= 15 is 0 Å². The minimum Gasteiger partial charge on any atom is -0.396 e. The van der Waals surface area contributed by atoms with Crippen LogP contribution >= 0.6 is 0 Å². The second-order valence-electron chi connectivity index (χ2n) is 3.33. The van der Waals surface area contributed by atoms with Crippen molar-refractivity contribution in [2.75, 3.05) is 18.5 Å². The van der Waals surface area contributed by atoms with Crippen molar-refractivity contribution in [2.45, 2.75) is 27.2 Å². The van der Waals surface area contributed by atoms with E-state index in [1.54, 1.807) is 0 Å². The first-order valence-electron chi connectivity index (χ1n) is 4.81. The zero-order valence-corrected chi connectivity index (χ0v) is 8.96. The van der Waals surface area contributed by atoms with Crippen LogP contribution in [0.1, 0.15) is 23.5 Å². The number of hydrogen-bond acceptors (Lipinski definition) is 4. The maximum atomic E-state index is 8.65. The van der Waals surface area contributed by atoms with E-state index in [0.717, 1.165) is 35.9 Å². The molecule has 0 aromatic carbocycles. The van der Waals surface area contributed by atoms with Gasteiger partial charge in [0, 0.05) is 24.4 Å². The first-order chi connectivity index (χ1) is 6.65. The van der Waals surface area contributed by atoms with Gasteiger partial charge in [-0.3, -0.25) is 0 Å². The van der Waals surface area contributed by atoms with Crippen molar-refractivity contribution in [1.29, 1.82) is 0 Å². The quantitative estimate of drug-likeness (QED) is 0.709. The van der Waals surface area contributed by atoms with Crippen LogP contribution in [0.3, 0.4) is 0 Å². The molecule has 0 saturated carbocycles. The largest absolute Gasteiger partial charge is 0.396 e. The predicted molar refractivity (Wildman–Crippen MR) is 56.4 cm³/mol. The van der Waals surface area contributed by atoms with E-state index in [9.17, 15) is 0 Å². The number of hydrogen-bond donors (Lipinski definition) is 2. The van der Waals surface area contributed by atoms with Gasteiger partial charge in [0.1, 0.15) is 11.6 Å². The van der Waals surface area contributed by atoms with Crippen LogP contribution in [0.2, 0.25) is 0 Å². The maximum absolute atomic E-state index is 8.65. The Labute approximate surface area is 84.4 Å². The lowest BCUT2D eigenvalue weighted by Crippen LogP contribution is -2.09. The van der Waals surface area contributed by atoms with Crippen LogP contribution in [-0.4, -0.2) is 28.2 Å². The molecule has 78 valence electrons. The highest BCUT2D eigenvalue weighted by molar-refractivity contribution is 5.45. The molecule has 14 heavy (non-hydrogen) atoms. The fraction of sp³-hybridized carbons (Fsp3) is 0.600. The Hall–Kier alpha value is -1.16. The molecule has 0 aliphatic carbocycles. The minimum absolute atomic E-state index is 0.203. The molecule has 0 radical (unpaired) electrons. The third-order valence-corrected chi connectivity index (χ3v) is 2.13. The molecule has 2 N–H and O–H groups in total. The minimum atomic E-state index is 0.203. The van der Waals surface area contributed by atoms with Crippen LogP contribution in [0.25, 0.3) is 0 Å². The van der Waals surface area contributed by atoms with Crippen molar-refractivity contribution in [3.05, 3.63) is 17.1 Å². The summed E-state index contributed by atoms with van der Waals surface area (Å²) in [4.78, 5) is 8.56. The Balaban J connectivity index is 2.75. The number of aliphatic hydroxyl groups is 1. The van der Waals surface area contributed by atoms with E-state index in [0.29, 0.717) is 0 Å². The molecular weight excluding hydrogens is 178 g/mol. The molecular formula is C10H17N3O. The average molecular weight is 195 g/mol. The van der Waals surface area contributed by atoms with Crippen molar-refractivity contribution >= 4 is 5.82 Å². The van der Waals surface area contributed by atoms with Gasteiger partial charge in [0.05, 0.1) is 0 Å². The molecule has 0 unspecified atom stereocenters. The van der Waals surface area contributed by atoms with E-state index in [2.05, 4.69) is 15.3 Å². The predicted octanol–water partition coefficient (Wildman–Crippen LogP) is 1.20. The highest BCUT2D eigenvalue weighted by atomic mass is 16.3. The third-order valence-electron chi connectivity index (χ3n) is 2.13. The van der Waals surface area contributed by atoms with Gasteiger partial charge in [0.15, 0.2) is 0 Å². The fourth-order valence-electron chi connectivity index (χ4n) is 1.23. The second-order valence-corrected chi connectivity index (χ2v) is 3.33. The highest BCUT2D eigenvalue weighted by Gasteiger charge is 2.04. The summed E-state index contributed by atoms with van der Waals surface area (Å²) in [5.74, 6) is 1.66. The van der Waals surface area contributed by atoms with Crippen LogP contribution in [-0.2, 0) is 0 Å². The van der Waals surface area contributed by atoms with Crippen molar-refractivity contribution in [3.8, 4) is 0 Å². The summed E-state index contributed by atoms with van der Waals surface area (Å²) < 4.78 is 0. The Bertz CT molecular complexity index is 312. The molecule has 4 nitrogen and oxygen atoms in total. The van der Waals surface area contributed by atoms with Crippen molar-refractivity contribution < 1.29 is 5.11 Å². The number of aliphatic hydroxyl groups excluding tert-OH is 1. The first kappa shape index (κ1) is 10.9. The molecule has 1 aromatic heterocycles. The van der Waals surface area contributed by atoms with Gasteiger partial charge in [-0.05, 0) is 27.2 Å². The van der Waals surface area contributed by atoms with Crippen LogP contribution in [0.4, 0.5) is 5.82 Å². The van der Waals surface area contributed by atoms with Crippen LogP contribution < -0.4 is 5.32 Å². The maximum Gasteiger partial charge on any atom is 0.132 e. The molecule has 0 bridgehead atoms. The lowest BCUT2D eigenvalue weighted by molar-refractivity contribution is 0.292. The summed E-state index contributed by atoms with van der Waals surface area (Å²) in [6.07, 6.45) is 0.738. The van der Waals surface area contributed by atoms with Crippen molar-refractivity contribution in [3.63, 3.8) is 0 Å². The molecule has 1 heterocycles. The lowest BCUT2D eigenvalue weighted by Gasteiger charge is -2.10. The molecule has 0 atom stereocenters. The number of aromatic nitrogens is 2. The summed E-state index contributed by atoms with van der Waals surface area (Å²) >= 11 is 0. The number of rotatable bonds is 4. The van der Waals surface area contributed by atoms with E-state index < -0.39 is 0 Å². The van der Waals surface area contributed by atoms with Gasteiger partial charge in [-0.15, -0.1) is 0 Å². The summed E-state index contributed by atoms with van der Waals surface area (Å²) in [6.45, 7) is 6.79. The Morgan fingerprint density at radius 1 is 1.21 bits per heavy atom. The summed E-state index contributed by atoms with van der Waals surface area (Å²) in [5.41, 5.74) is 2.08. The highest BCUT2D eigenvalue weighted by Crippen LogP contribution is 2.13. The average Bonchev–Trinajstić information content (AvgIpc) is 2.13. The van der Waals surface area contributed by atoms with E-state index in [1.807, 2.05) is 20.8 Å². The standard InChI is InChI=1S/C10H17N3O/c1-7-8(2)12-9(3)13-10(7)11-5-4-6-14/h14H,4-6H2,1-3H3,(H,11,12,13). The molecule has 0 saturated heterocycles. The zero-order valence-electron chi connectivity index (χ0n) is 8.96. The Morgan fingerprint density at radius 2 is 1.93 bits per heavy atom. The Kier molecular flexibility index (Phi) is 3.83. The zero-order chi connectivity index (χ0) is 10.6. The van der Waals surface area contributed by atoms with Gasteiger partial charge < -0.3 is 10.4 Å². The van der Waals surface area contributed by atoms with Crippen LogP contribution in [0.5, 0.6) is 0 Å². The number of anilines is 1.